The van der Waals surface area contributed by atoms with Gasteiger partial charge in [-0.2, -0.15) is 0 Å². The molecule has 2 saturated heterocycles. The Morgan fingerprint density at radius 2 is 1.92 bits per heavy atom. The summed E-state index contributed by atoms with van der Waals surface area (Å²) in [4.78, 5) is 14.8. The Morgan fingerprint density at radius 3 is 2.58 bits per heavy atom. The molecule has 0 radical (unpaired) electrons. The first-order valence-corrected chi connectivity index (χ1v) is 8.77. The van der Waals surface area contributed by atoms with Crippen LogP contribution >= 0.6 is 0 Å². The molecule has 132 valence electrons. The standard InChI is InChI=1S/C19H27NO4/c1-15(2)12-24-17-5-3-16(4-6-17)11-18(21)20-8-10-23-14-19(20)7-9-22-13-19/h3-6,15H,7-14H2,1-2H3. The van der Waals surface area contributed by atoms with E-state index in [0.29, 0.717) is 51.9 Å². The van der Waals surface area contributed by atoms with Gasteiger partial charge in [0.05, 0.1) is 38.4 Å². The van der Waals surface area contributed by atoms with Crippen LogP contribution in [0.5, 0.6) is 5.75 Å². The van der Waals surface area contributed by atoms with Crippen LogP contribution in [-0.2, 0) is 20.7 Å². The topological polar surface area (TPSA) is 48.0 Å². The third-order valence-electron chi connectivity index (χ3n) is 4.65. The van der Waals surface area contributed by atoms with Crippen LogP contribution in [0.3, 0.4) is 0 Å². The molecule has 1 aromatic carbocycles. The lowest BCUT2D eigenvalue weighted by atomic mass is 9.95. The van der Waals surface area contributed by atoms with Crippen LogP contribution < -0.4 is 4.74 Å². The van der Waals surface area contributed by atoms with Crippen LogP contribution in [0.4, 0.5) is 0 Å². The van der Waals surface area contributed by atoms with Crippen molar-refractivity contribution in [3.05, 3.63) is 29.8 Å². The Hall–Kier alpha value is -1.59. The molecule has 0 bridgehead atoms. The number of hydrogen-bond donors (Lipinski definition) is 0. The lowest BCUT2D eigenvalue weighted by molar-refractivity contribution is -0.148. The molecule has 1 amide bonds. The van der Waals surface area contributed by atoms with Crippen molar-refractivity contribution in [2.75, 3.05) is 39.6 Å². The van der Waals surface area contributed by atoms with Gasteiger partial charge in [-0.1, -0.05) is 26.0 Å². The molecule has 0 N–H and O–H groups in total. The highest BCUT2D eigenvalue weighted by atomic mass is 16.5. The summed E-state index contributed by atoms with van der Waals surface area (Å²) in [6.45, 7) is 8.08. The normalized spacial score (nSPS) is 23.9. The summed E-state index contributed by atoms with van der Waals surface area (Å²) < 4.78 is 16.8. The molecule has 0 aliphatic carbocycles. The average molecular weight is 333 g/mol. The van der Waals surface area contributed by atoms with Gasteiger partial charge in [0.25, 0.3) is 0 Å². The maximum Gasteiger partial charge on any atom is 0.227 e. The number of rotatable bonds is 5. The summed E-state index contributed by atoms with van der Waals surface area (Å²) in [6.07, 6.45) is 1.27. The van der Waals surface area contributed by atoms with Crippen LogP contribution in [0.2, 0.25) is 0 Å². The fraction of sp³-hybridized carbons (Fsp3) is 0.632. The van der Waals surface area contributed by atoms with Crippen molar-refractivity contribution in [1.29, 1.82) is 0 Å². The van der Waals surface area contributed by atoms with Crippen LogP contribution in [0.25, 0.3) is 0 Å². The van der Waals surface area contributed by atoms with Gasteiger partial charge in [-0.25, -0.2) is 0 Å². The summed E-state index contributed by atoms with van der Waals surface area (Å²) >= 11 is 0. The van der Waals surface area contributed by atoms with E-state index in [2.05, 4.69) is 13.8 Å². The molecular weight excluding hydrogens is 306 g/mol. The molecule has 1 atom stereocenters. The molecule has 0 saturated carbocycles. The monoisotopic (exact) mass is 333 g/mol. The van der Waals surface area contributed by atoms with Crippen molar-refractivity contribution >= 4 is 5.91 Å². The molecule has 2 aliphatic heterocycles. The zero-order valence-corrected chi connectivity index (χ0v) is 14.6. The Morgan fingerprint density at radius 1 is 1.21 bits per heavy atom. The van der Waals surface area contributed by atoms with E-state index < -0.39 is 0 Å². The molecule has 2 fully saturated rings. The molecule has 3 rings (SSSR count). The van der Waals surface area contributed by atoms with Crippen molar-refractivity contribution in [1.82, 2.24) is 4.90 Å². The largest absolute Gasteiger partial charge is 0.493 e. The maximum atomic E-state index is 12.8. The van der Waals surface area contributed by atoms with Crippen molar-refractivity contribution < 1.29 is 19.0 Å². The molecule has 2 heterocycles. The van der Waals surface area contributed by atoms with Crippen LogP contribution in [0.15, 0.2) is 24.3 Å². The van der Waals surface area contributed by atoms with E-state index in [4.69, 9.17) is 14.2 Å². The third kappa shape index (κ3) is 3.90. The lowest BCUT2D eigenvalue weighted by Crippen LogP contribution is -2.60. The highest BCUT2D eigenvalue weighted by Gasteiger charge is 2.45. The molecule has 24 heavy (non-hydrogen) atoms. The quantitative estimate of drug-likeness (QED) is 0.829. The second-order valence-corrected chi connectivity index (χ2v) is 7.15. The number of hydrogen-bond acceptors (Lipinski definition) is 4. The van der Waals surface area contributed by atoms with Crippen molar-refractivity contribution in [2.24, 2.45) is 5.92 Å². The van der Waals surface area contributed by atoms with Gasteiger partial charge in [-0.15, -0.1) is 0 Å². The van der Waals surface area contributed by atoms with Gasteiger partial charge in [0.15, 0.2) is 0 Å². The Bertz CT molecular complexity index is 549. The Labute approximate surface area is 143 Å². The first-order valence-electron chi connectivity index (χ1n) is 8.77. The zero-order valence-electron chi connectivity index (χ0n) is 14.6. The van der Waals surface area contributed by atoms with Crippen LogP contribution in [0, 0.1) is 5.92 Å². The number of carbonyl (C=O) groups excluding carboxylic acids is 1. The van der Waals surface area contributed by atoms with Crippen molar-refractivity contribution in [2.45, 2.75) is 32.2 Å². The second kappa shape index (κ2) is 7.53. The molecule has 1 spiro atoms. The Balaban J connectivity index is 1.61. The molecule has 1 unspecified atom stereocenters. The smallest absolute Gasteiger partial charge is 0.227 e. The minimum atomic E-state index is -0.254. The van der Waals surface area contributed by atoms with Gasteiger partial charge in [-0.3, -0.25) is 4.79 Å². The number of morpholine rings is 1. The van der Waals surface area contributed by atoms with E-state index in [1.54, 1.807) is 0 Å². The first-order chi connectivity index (χ1) is 11.6. The first kappa shape index (κ1) is 17.2. The molecule has 5 nitrogen and oxygen atoms in total. The number of ether oxygens (including phenoxy) is 3. The van der Waals surface area contributed by atoms with Gasteiger partial charge < -0.3 is 19.1 Å². The average Bonchev–Trinajstić information content (AvgIpc) is 3.03. The highest BCUT2D eigenvalue weighted by Crippen LogP contribution is 2.30. The minimum Gasteiger partial charge on any atom is -0.493 e. The second-order valence-electron chi connectivity index (χ2n) is 7.15. The van der Waals surface area contributed by atoms with E-state index in [1.807, 2.05) is 29.2 Å². The summed E-state index contributed by atoms with van der Waals surface area (Å²) in [5.41, 5.74) is 0.757. The highest BCUT2D eigenvalue weighted by molar-refractivity contribution is 5.80. The van der Waals surface area contributed by atoms with Gasteiger partial charge >= 0.3 is 0 Å². The summed E-state index contributed by atoms with van der Waals surface area (Å²) in [7, 11) is 0. The fourth-order valence-corrected chi connectivity index (χ4v) is 3.28. The number of benzene rings is 1. The maximum absolute atomic E-state index is 12.8. The summed E-state index contributed by atoms with van der Waals surface area (Å²) in [6, 6.07) is 7.84. The SMILES string of the molecule is CC(C)COc1ccc(CC(=O)N2CCOCC23CCOC3)cc1. The third-order valence-corrected chi connectivity index (χ3v) is 4.65. The van der Waals surface area contributed by atoms with E-state index in [0.717, 1.165) is 17.7 Å². The van der Waals surface area contributed by atoms with E-state index in [-0.39, 0.29) is 11.4 Å². The van der Waals surface area contributed by atoms with Crippen LogP contribution in [-0.4, -0.2) is 55.9 Å². The predicted octanol–water partition coefficient (Wildman–Crippen LogP) is 2.28. The predicted molar refractivity (Wildman–Crippen MR) is 91.2 cm³/mol. The van der Waals surface area contributed by atoms with Crippen LogP contribution in [0.1, 0.15) is 25.8 Å². The molecule has 5 heteroatoms. The van der Waals surface area contributed by atoms with Gasteiger partial charge in [-0.05, 0) is 30.0 Å². The van der Waals surface area contributed by atoms with E-state index >= 15 is 0 Å². The summed E-state index contributed by atoms with van der Waals surface area (Å²) in [5.74, 6) is 1.50. The minimum absolute atomic E-state index is 0.152. The van der Waals surface area contributed by atoms with E-state index in [9.17, 15) is 4.79 Å². The molecule has 1 aromatic rings. The van der Waals surface area contributed by atoms with Gasteiger partial charge in [0.2, 0.25) is 5.91 Å². The molecule has 0 aromatic heterocycles. The number of carbonyl (C=O) groups is 1. The number of amides is 1. The lowest BCUT2D eigenvalue weighted by Gasteiger charge is -2.43. The zero-order chi connectivity index (χ0) is 17.0. The number of nitrogens with zero attached hydrogens (tertiary/aromatic N) is 1. The molecular formula is C19H27NO4. The van der Waals surface area contributed by atoms with Gasteiger partial charge in [0, 0.05) is 13.2 Å². The van der Waals surface area contributed by atoms with Crippen molar-refractivity contribution in [3.8, 4) is 5.75 Å². The van der Waals surface area contributed by atoms with Crippen molar-refractivity contribution in [3.63, 3.8) is 0 Å². The fourth-order valence-electron chi connectivity index (χ4n) is 3.28. The van der Waals surface area contributed by atoms with E-state index in [1.165, 1.54) is 0 Å². The van der Waals surface area contributed by atoms with Gasteiger partial charge in [0.1, 0.15) is 5.75 Å². The Kier molecular flexibility index (Phi) is 5.41. The molecule has 2 aliphatic rings. The summed E-state index contributed by atoms with van der Waals surface area (Å²) in [5, 5.41) is 0.